The fraction of sp³-hybridized carbons (Fsp3) is 0.263. The summed E-state index contributed by atoms with van der Waals surface area (Å²) in [4.78, 5) is 24.6. The Morgan fingerprint density at radius 3 is 2.29 bits per heavy atom. The fourth-order valence-corrected chi connectivity index (χ4v) is 2.82. The molecule has 2 aromatic carbocycles. The monoisotopic (exact) mass is 413 g/mol. The normalized spacial score (nSPS) is 11.0. The number of rotatable bonds is 8. The number of carbonyl (C=O) groups excluding carboxylic acids is 2. The second-order valence-electron chi connectivity index (χ2n) is 5.66. The van der Waals surface area contributed by atoms with Crippen LogP contribution < -0.4 is 10.1 Å². The van der Waals surface area contributed by atoms with Crippen LogP contribution >= 0.6 is 11.8 Å². The summed E-state index contributed by atoms with van der Waals surface area (Å²) < 4.78 is 44.8. The van der Waals surface area contributed by atoms with E-state index in [0.29, 0.717) is 12.3 Å². The van der Waals surface area contributed by atoms with E-state index in [1.807, 2.05) is 31.2 Å². The number of esters is 1. The lowest BCUT2D eigenvalue weighted by atomic mass is 10.2. The van der Waals surface area contributed by atoms with Gasteiger partial charge in [0.05, 0.1) is 5.56 Å². The van der Waals surface area contributed by atoms with Gasteiger partial charge in [0.15, 0.2) is 6.61 Å². The Hall–Kier alpha value is -2.68. The molecule has 0 aliphatic carbocycles. The van der Waals surface area contributed by atoms with Crippen LogP contribution in [0.5, 0.6) is 5.75 Å². The highest BCUT2D eigenvalue weighted by molar-refractivity contribution is 7.99. The van der Waals surface area contributed by atoms with Crippen molar-refractivity contribution < 1.29 is 32.2 Å². The highest BCUT2D eigenvalue weighted by Crippen LogP contribution is 2.23. The largest absolute Gasteiger partial charge is 0.573 e. The van der Waals surface area contributed by atoms with Crippen molar-refractivity contribution in [3.05, 3.63) is 59.7 Å². The van der Waals surface area contributed by atoms with Crippen molar-refractivity contribution in [1.82, 2.24) is 5.32 Å². The number of nitrogens with one attached hydrogen (secondary N) is 1. The second kappa shape index (κ2) is 10.0. The number of aryl methyl sites for hydroxylation is 1. The molecule has 0 saturated carbocycles. The van der Waals surface area contributed by atoms with Crippen LogP contribution in [0.15, 0.2) is 53.4 Å². The van der Waals surface area contributed by atoms with Gasteiger partial charge in [0.1, 0.15) is 5.75 Å². The Balaban J connectivity index is 1.67. The number of carbonyl (C=O) groups is 2. The predicted molar refractivity (Wildman–Crippen MR) is 98.3 cm³/mol. The maximum absolute atomic E-state index is 12.1. The van der Waals surface area contributed by atoms with E-state index >= 15 is 0 Å². The fourth-order valence-electron chi connectivity index (χ4n) is 2.05. The van der Waals surface area contributed by atoms with Crippen LogP contribution in [0.3, 0.4) is 0 Å². The van der Waals surface area contributed by atoms with Crippen LogP contribution in [0.2, 0.25) is 0 Å². The number of alkyl halides is 3. The smallest absolute Gasteiger partial charge is 0.452 e. The Kier molecular flexibility index (Phi) is 7.74. The number of ether oxygens (including phenoxy) is 2. The SMILES string of the molecule is Cc1ccc(SCCNC(=O)COC(=O)c2ccc(OC(F)(F)F)cc2)cc1. The summed E-state index contributed by atoms with van der Waals surface area (Å²) >= 11 is 1.58. The second-order valence-corrected chi connectivity index (χ2v) is 6.83. The molecule has 5 nitrogen and oxygen atoms in total. The van der Waals surface area contributed by atoms with Crippen LogP contribution in [0.4, 0.5) is 13.2 Å². The van der Waals surface area contributed by atoms with E-state index in [0.717, 1.165) is 29.2 Å². The molecule has 0 saturated heterocycles. The predicted octanol–water partition coefficient (Wildman–Crippen LogP) is 3.96. The lowest BCUT2D eigenvalue weighted by Gasteiger charge is -2.09. The van der Waals surface area contributed by atoms with Gasteiger partial charge in [0.2, 0.25) is 0 Å². The quantitative estimate of drug-likeness (QED) is 0.403. The number of halogens is 3. The minimum atomic E-state index is -4.81. The Labute approximate surface area is 164 Å². The molecule has 2 rings (SSSR count). The van der Waals surface area contributed by atoms with E-state index in [-0.39, 0.29) is 5.56 Å². The first-order chi connectivity index (χ1) is 13.2. The molecule has 0 unspecified atom stereocenters. The minimum Gasteiger partial charge on any atom is -0.452 e. The van der Waals surface area contributed by atoms with E-state index in [1.54, 1.807) is 11.8 Å². The molecule has 0 aromatic heterocycles. The van der Waals surface area contributed by atoms with Crippen LogP contribution in [0.25, 0.3) is 0 Å². The average molecular weight is 413 g/mol. The number of amides is 1. The molecule has 0 bridgehead atoms. The summed E-state index contributed by atoms with van der Waals surface area (Å²) in [5, 5.41) is 2.62. The lowest BCUT2D eigenvalue weighted by molar-refractivity contribution is -0.274. The first-order valence-corrected chi connectivity index (χ1v) is 9.20. The maximum Gasteiger partial charge on any atom is 0.573 e. The van der Waals surface area contributed by atoms with Crippen molar-refractivity contribution >= 4 is 23.6 Å². The standard InChI is InChI=1S/C19H18F3NO4S/c1-13-2-8-16(9-3-13)28-11-10-23-17(24)12-26-18(25)14-4-6-15(7-5-14)27-19(20,21)22/h2-9H,10-12H2,1H3,(H,23,24). The zero-order valence-electron chi connectivity index (χ0n) is 14.9. The van der Waals surface area contributed by atoms with Gasteiger partial charge >= 0.3 is 12.3 Å². The Morgan fingerprint density at radius 1 is 1.04 bits per heavy atom. The van der Waals surface area contributed by atoms with Crippen molar-refractivity contribution in [2.24, 2.45) is 0 Å². The molecule has 9 heteroatoms. The molecule has 1 N–H and O–H groups in total. The van der Waals surface area contributed by atoms with E-state index in [2.05, 4.69) is 10.1 Å². The lowest BCUT2D eigenvalue weighted by Crippen LogP contribution is -2.30. The van der Waals surface area contributed by atoms with E-state index in [1.165, 1.54) is 5.56 Å². The molecule has 0 atom stereocenters. The van der Waals surface area contributed by atoms with E-state index < -0.39 is 30.6 Å². The molecular weight excluding hydrogens is 395 g/mol. The summed E-state index contributed by atoms with van der Waals surface area (Å²) in [6.45, 7) is 1.92. The average Bonchev–Trinajstić information content (AvgIpc) is 2.64. The van der Waals surface area contributed by atoms with Gasteiger partial charge in [0.25, 0.3) is 5.91 Å². The molecule has 150 valence electrons. The summed E-state index contributed by atoms with van der Waals surface area (Å²) in [5.41, 5.74) is 1.18. The van der Waals surface area contributed by atoms with Gasteiger partial charge in [-0.1, -0.05) is 17.7 Å². The van der Waals surface area contributed by atoms with Gasteiger partial charge in [-0.25, -0.2) is 4.79 Å². The topological polar surface area (TPSA) is 64.6 Å². The number of benzene rings is 2. The third kappa shape index (κ3) is 7.91. The van der Waals surface area contributed by atoms with Crippen molar-refractivity contribution in [2.45, 2.75) is 18.2 Å². The molecule has 0 radical (unpaired) electrons. The van der Waals surface area contributed by atoms with Gasteiger partial charge in [0, 0.05) is 17.2 Å². The number of hydrogen-bond acceptors (Lipinski definition) is 5. The van der Waals surface area contributed by atoms with E-state index in [4.69, 9.17) is 4.74 Å². The van der Waals surface area contributed by atoms with Crippen molar-refractivity contribution in [2.75, 3.05) is 18.9 Å². The van der Waals surface area contributed by atoms with Gasteiger partial charge < -0.3 is 14.8 Å². The maximum atomic E-state index is 12.1. The zero-order chi connectivity index (χ0) is 20.6. The molecule has 2 aromatic rings. The molecule has 0 aliphatic heterocycles. The van der Waals surface area contributed by atoms with Crippen LogP contribution in [-0.2, 0) is 9.53 Å². The van der Waals surface area contributed by atoms with Crippen LogP contribution in [0, 0.1) is 6.92 Å². The molecular formula is C19H18F3NO4S. The van der Waals surface area contributed by atoms with Gasteiger partial charge in [-0.15, -0.1) is 24.9 Å². The van der Waals surface area contributed by atoms with Gasteiger partial charge in [-0.05, 0) is 43.3 Å². The molecule has 0 heterocycles. The highest BCUT2D eigenvalue weighted by Gasteiger charge is 2.31. The number of hydrogen-bond donors (Lipinski definition) is 1. The summed E-state index contributed by atoms with van der Waals surface area (Å²) in [6.07, 6.45) is -4.81. The Morgan fingerprint density at radius 2 is 1.68 bits per heavy atom. The van der Waals surface area contributed by atoms with Crippen LogP contribution in [0.1, 0.15) is 15.9 Å². The summed E-state index contributed by atoms with van der Waals surface area (Å²) in [7, 11) is 0. The van der Waals surface area contributed by atoms with Crippen molar-refractivity contribution in [3.63, 3.8) is 0 Å². The summed E-state index contributed by atoms with van der Waals surface area (Å²) in [6, 6.07) is 12.2. The highest BCUT2D eigenvalue weighted by atomic mass is 32.2. The van der Waals surface area contributed by atoms with Gasteiger partial charge in [-0.3, -0.25) is 4.79 Å². The van der Waals surface area contributed by atoms with E-state index in [9.17, 15) is 22.8 Å². The van der Waals surface area contributed by atoms with Crippen LogP contribution in [-0.4, -0.2) is 37.1 Å². The zero-order valence-corrected chi connectivity index (χ0v) is 15.7. The third-order valence-electron chi connectivity index (χ3n) is 3.37. The molecule has 28 heavy (non-hydrogen) atoms. The Bertz CT molecular complexity index is 792. The molecule has 0 fully saturated rings. The summed E-state index contributed by atoms with van der Waals surface area (Å²) in [5.74, 6) is -1.07. The number of thioether (sulfide) groups is 1. The van der Waals surface area contributed by atoms with Crippen molar-refractivity contribution in [1.29, 1.82) is 0 Å². The molecule has 1 amide bonds. The van der Waals surface area contributed by atoms with Crippen molar-refractivity contribution in [3.8, 4) is 5.75 Å². The first kappa shape index (κ1) is 21.6. The first-order valence-electron chi connectivity index (χ1n) is 8.22. The van der Waals surface area contributed by atoms with Gasteiger partial charge in [-0.2, -0.15) is 0 Å². The third-order valence-corrected chi connectivity index (χ3v) is 4.39. The minimum absolute atomic E-state index is 0.0113. The molecule has 0 aliphatic rings. The molecule has 0 spiro atoms.